The van der Waals surface area contributed by atoms with Gasteiger partial charge < -0.3 is 10.1 Å². The molecule has 0 radical (unpaired) electrons. The lowest BCUT2D eigenvalue weighted by Gasteiger charge is -2.26. The van der Waals surface area contributed by atoms with Crippen molar-refractivity contribution in [2.45, 2.75) is 40.2 Å². The molecule has 0 saturated carbocycles. The van der Waals surface area contributed by atoms with Crippen molar-refractivity contribution in [3.63, 3.8) is 0 Å². The smallest absolute Gasteiger partial charge is 0.328 e. The van der Waals surface area contributed by atoms with E-state index in [1.807, 2.05) is 20.8 Å². The van der Waals surface area contributed by atoms with Crippen LogP contribution < -0.4 is 10.1 Å². The number of anilines is 1. The molecule has 0 saturated heterocycles. The average molecular weight is 292 g/mol. The molecule has 1 amide bonds. The van der Waals surface area contributed by atoms with Crippen LogP contribution in [0.1, 0.15) is 34.1 Å². The quantitative estimate of drug-likeness (QED) is 0.620. The monoisotopic (exact) mass is 292 g/mol. The van der Waals surface area contributed by atoms with Crippen LogP contribution in [0, 0.1) is 0 Å². The minimum atomic E-state index is -0.242. The first-order valence-electron chi connectivity index (χ1n) is 7.35. The van der Waals surface area contributed by atoms with Gasteiger partial charge in [-0.3, -0.25) is 9.69 Å². The highest BCUT2D eigenvalue weighted by Crippen LogP contribution is 2.17. The maximum atomic E-state index is 12.2. The van der Waals surface area contributed by atoms with Gasteiger partial charge in [-0.05, 0) is 43.8 Å². The fourth-order valence-electron chi connectivity index (χ4n) is 2.23. The maximum absolute atomic E-state index is 12.2. The number of hydrogen-bond acceptors (Lipinski definition) is 4. The van der Waals surface area contributed by atoms with E-state index in [1.54, 1.807) is 24.3 Å². The van der Waals surface area contributed by atoms with Crippen molar-refractivity contribution >= 4 is 17.6 Å². The first-order valence-corrected chi connectivity index (χ1v) is 7.35. The first kappa shape index (κ1) is 17.2. The predicted octanol–water partition coefficient (Wildman–Crippen LogP) is 2.67. The number of likely N-dealkylation sites (N-methyl/N-ethyl adjacent to an activating group) is 1. The lowest BCUT2D eigenvalue weighted by atomic mass is 10.2. The Morgan fingerprint density at radius 3 is 2.14 bits per heavy atom. The Bertz CT molecular complexity index is 467. The molecule has 0 spiro atoms. The van der Waals surface area contributed by atoms with Crippen molar-refractivity contribution in [3.05, 3.63) is 24.3 Å². The molecule has 1 unspecified atom stereocenters. The number of benzene rings is 1. The molecule has 1 aromatic rings. The predicted molar refractivity (Wildman–Crippen MR) is 83.4 cm³/mol. The highest BCUT2D eigenvalue weighted by atomic mass is 16.5. The second-order valence-corrected chi connectivity index (χ2v) is 4.77. The van der Waals surface area contributed by atoms with E-state index < -0.39 is 0 Å². The van der Waals surface area contributed by atoms with Gasteiger partial charge in [-0.15, -0.1) is 0 Å². The maximum Gasteiger partial charge on any atom is 0.328 e. The fraction of sp³-hybridized carbons (Fsp3) is 0.500. The number of amides is 1. The van der Waals surface area contributed by atoms with E-state index in [9.17, 15) is 9.59 Å². The highest BCUT2D eigenvalue weighted by Gasteiger charge is 2.23. The molecule has 0 aliphatic heterocycles. The second-order valence-electron chi connectivity index (χ2n) is 4.77. The van der Waals surface area contributed by atoms with E-state index in [1.165, 1.54) is 6.92 Å². The molecule has 1 rings (SSSR count). The summed E-state index contributed by atoms with van der Waals surface area (Å²) >= 11 is 0. The van der Waals surface area contributed by atoms with Crippen LogP contribution in [0.15, 0.2) is 24.3 Å². The molecule has 0 aliphatic carbocycles. The Morgan fingerprint density at radius 2 is 1.71 bits per heavy atom. The molecule has 21 heavy (non-hydrogen) atoms. The Kier molecular flexibility index (Phi) is 6.88. The Morgan fingerprint density at radius 1 is 1.14 bits per heavy atom. The third kappa shape index (κ3) is 5.19. The topological polar surface area (TPSA) is 58.6 Å². The Hall–Kier alpha value is -1.88. The van der Waals surface area contributed by atoms with E-state index >= 15 is 0 Å². The van der Waals surface area contributed by atoms with Crippen LogP contribution in [0.4, 0.5) is 5.69 Å². The second kappa shape index (κ2) is 8.42. The van der Waals surface area contributed by atoms with Gasteiger partial charge in [-0.2, -0.15) is 0 Å². The zero-order valence-electron chi connectivity index (χ0n) is 13.2. The summed E-state index contributed by atoms with van der Waals surface area (Å²) in [5.74, 6) is 0.112. The average Bonchev–Trinajstić information content (AvgIpc) is 2.45. The van der Waals surface area contributed by atoms with Gasteiger partial charge >= 0.3 is 5.97 Å². The van der Waals surface area contributed by atoms with Crippen LogP contribution in [0.5, 0.6) is 5.75 Å². The molecule has 0 fully saturated rings. The molecule has 1 N–H and O–H groups in total. The Balaban J connectivity index is 2.70. The molecule has 116 valence electrons. The fourth-order valence-corrected chi connectivity index (χ4v) is 2.23. The molecule has 1 aromatic carbocycles. The summed E-state index contributed by atoms with van der Waals surface area (Å²) in [6.45, 7) is 9.11. The summed E-state index contributed by atoms with van der Waals surface area (Å²) < 4.78 is 5.42. The molecule has 0 aliphatic rings. The van der Waals surface area contributed by atoms with E-state index in [-0.39, 0.29) is 17.9 Å². The van der Waals surface area contributed by atoms with Crippen LogP contribution in [0.25, 0.3) is 0 Å². The van der Waals surface area contributed by atoms with Gasteiger partial charge in [0, 0.05) is 12.6 Å². The van der Waals surface area contributed by atoms with E-state index in [4.69, 9.17) is 4.74 Å². The van der Waals surface area contributed by atoms with Gasteiger partial charge in [0.25, 0.3) is 0 Å². The van der Waals surface area contributed by atoms with Crippen molar-refractivity contribution in [2.24, 2.45) is 0 Å². The molecule has 0 bridgehead atoms. The number of nitrogens with zero attached hydrogens (tertiary/aromatic N) is 1. The number of carbonyl (C=O) groups is 2. The third-order valence-corrected chi connectivity index (χ3v) is 3.31. The minimum absolute atomic E-state index is 0.132. The molecule has 0 heterocycles. The van der Waals surface area contributed by atoms with Gasteiger partial charge in [-0.25, -0.2) is 4.79 Å². The van der Waals surface area contributed by atoms with Crippen molar-refractivity contribution in [1.82, 2.24) is 4.90 Å². The summed E-state index contributed by atoms with van der Waals surface area (Å²) in [4.78, 5) is 25.3. The van der Waals surface area contributed by atoms with Crippen LogP contribution >= 0.6 is 0 Å². The number of carbonyl (C=O) groups excluding carboxylic acids is 2. The lowest BCUT2D eigenvalue weighted by Crippen LogP contribution is -2.42. The number of hydrogen-bond donors (Lipinski definition) is 1. The zero-order valence-corrected chi connectivity index (χ0v) is 13.2. The summed E-state index contributed by atoms with van der Waals surface area (Å²) in [5.41, 5.74) is 0.679. The number of rotatable bonds is 7. The third-order valence-electron chi connectivity index (χ3n) is 3.31. The summed E-state index contributed by atoms with van der Waals surface area (Å²) in [6.07, 6.45) is 0.713. The normalized spacial score (nSPS) is 12.0. The highest BCUT2D eigenvalue weighted by molar-refractivity contribution is 5.88. The van der Waals surface area contributed by atoms with Crippen LogP contribution in [-0.2, 0) is 9.59 Å². The van der Waals surface area contributed by atoms with Gasteiger partial charge in [0.1, 0.15) is 11.8 Å². The SMILES string of the molecule is CCC(C(=O)Oc1ccc(NC(C)=O)cc1)N(CC)CC. The van der Waals surface area contributed by atoms with Crippen LogP contribution in [-0.4, -0.2) is 35.9 Å². The molecular weight excluding hydrogens is 268 g/mol. The van der Waals surface area contributed by atoms with Gasteiger partial charge in [0.05, 0.1) is 0 Å². The van der Waals surface area contributed by atoms with E-state index in [0.29, 0.717) is 17.9 Å². The van der Waals surface area contributed by atoms with Crippen molar-refractivity contribution in [1.29, 1.82) is 0 Å². The van der Waals surface area contributed by atoms with Crippen LogP contribution in [0.3, 0.4) is 0 Å². The molecule has 1 atom stereocenters. The summed E-state index contributed by atoms with van der Waals surface area (Å²) in [7, 11) is 0. The van der Waals surface area contributed by atoms with Crippen LogP contribution in [0.2, 0.25) is 0 Å². The molecule has 5 heteroatoms. The lowest BCUT2D eigenvalue weighted by molar-refractivity contribution is -0.140. The van der Waals surface area contributed by atoms with E-state index in [0.717, 1.165) is 13.1 Å². The van der Waals surface area contributed by atoms with Gasteiger partial charge in [-0.1, -0.05) is 20.8 Å². The first-order chi connectivity index (χ1) is 10.0. The minimum Gasteiger partial charge on any atom is -0.425 e. The van der Waals surface area contributed by atoms with Crippen molar-refractivity contribution in [3.8, 4) is 5.75 Å². The largest absolute Gasteiger partial charge is 0.425 e. The van der Waals surface area contributed by atoms with Gasteiger partial charge in [0.2, 0.25) is 5.91 Å². The number of esters is 1. The summed E-state index contributed by atoms with van der Waals surface area (Å²) in [6, 6.07) is 6.55. The molecule has 0 aromatic heterocycles. The summed E-state index contributed by atoms with van der Waals surface area (Å²) in [5, 5.41) is 2.67. The van der Waals surface area contributed by atoms with Gasteiger partial charge in [0.15, 0.2) is 0 Å². The zero-order chi connectivity index (χ0) is 15.8. The number of nitrogens with one attached hydrogen (secondary N) is 1. The van der Waals surface area contributed by atoms with Crippen molar-refractivity contribution < 1.29 is 14.3 Å². The van der Waals surface area contributed by atoms with Crippen molar-refractivity contribution in [2.75, 3.05) is 18.4 Å². The Labute approximate surface area is 126 Å². The van der Waals surface area contributed by atoms with E-state index in [2.05, 4.69) is 10.2 Å². The number of ether oxygens (including phenoxy) is 1. The molecule has 5 nitrogen and oxygen atoms in total. The molecular formula is C16H24N2O3. The standard InChI is InChI=1S/C16H24N2O3/c1-5-15(18(6-2)7-3)16(20)21-14-10-8-13(9-11-14)17-12(4)19/h8-11,15H,5-7H2,1-4H3,(H,17,19).